The minimum absolute atomic E-state index is 0.101. The summed E-state index contributed by atoms with van der Waals surface area (Å²) in [5.41, 5.74) is 8.32. The third kappa shape index (κ3) is 3.03. The highest BCUT2D eigenvalue weighted by Crippen LogP contribution is 2.49. The molecule has 4 unspecified atom stereocenters. The first-order chi connectivity index (χ1) is 14.6. The Morgan fingerprint density at radius 3 is 2.33 bits per heavy atom. The molecule has 0 radical (unpaired) electrons. The van der Waals surface area contributed by atoms with E-state index in [-0.39, 0.29) is 29.4 Å². The van der Waals surface area contributed by atoms with Crippen molar-refractivity contribution in [2.24, 2.45) is 5.92 Å². The summed E-state index contributed by atoms with van der Waals surface area (Å²) in [6.07, 6.45) is 3.36. The number of phenolic OH excluding ortho intramolecular Hbond substituents is 1. The SMILES string of the molecule is O=C1C2NNC(c3ccccc3O)C2C(c2ccccc2F)N1Cc1ccncc1. The Morgan fingerprint density at radius 2 is 1.60 bits per heavy atom. The number of fused-ring (bicyclic) bond motifs is 1. The van der Waals surface area contributed by atoms with E-state index in [1.165, 1.54) is 6.07 Å². The monoisotopic (exact) mass is 404 g/mol. The molecule has 3 N–H and O–H groups in total. The smallest absolute Gasteiger partial charge is 0.242 e. The Bertz CT molecular complexity index is 1080. The second-order valence-electron chi connectivity index (χ2n) is 7.67. The maximum atomic E-state index is 14.9. The van der Waals surface area contributed by atoms with Crippen molar-refractivity contribution >= 4 is 5.91 Å². The molecule has 0 aliphatic carbocycles. The average molecular weight is 404 g/mol. The molecule has 0 bridgehead atoms. The highest BCUT2D eigenvalue weighted by molar-refractivity contribution is 5.86. The van der Waals surface area contributed by atoms with Crippen LogP contribution >= 0.6 is 0 Å². The van der Waals surface area contributed by atoms with Crippen molar-refractivity contribution in [2.45, 2.75) is 24.7 Å². The molecule has 1 amide bonds. The number of pyridine rings is 1. The molecule has 1 aromatic heterocycles. The van der Waals surface area contributed by atoms with Gasteiger partial charge in [-0.15, -0.1) is 0 Å². The van der Waals surface area contributed by atoms with E-state index in [1.807, 2.05) is 24.3 Å². The highest BCUT2D eigenvalue weighted by atomic mass is 19.1. The quantitative estimate of drug-likeness (QED) is 0.623. The summed E-state index contributed by atoms with van der Waals surface area (Å²) in [5.74, 6) is -0.608. The van der Waals surface area contributed by atoms with Gasteiger partial charge in [0.15, 0.2) is 0 Å². The molecule has 6 nitrogen and oxygen atoms in total. The number of aromatic hydroxyl groups is 1. The molecule has 3 heterocycles. The zero-order valence-electron chi connectivity index (χ0n) is 16.1. The summed E-state index contributed by atoms with van der Waals surface area (Å²) in [6, 6.07) is 15.9. The third-order valence-electron chi connectivity index (χ3n) is 6.01. The molecular weight excluding hydrogens is 383 g/mol. The van der Waals surface area contributed by atoms with Crippen LogP contribution < -0.4 is 10.9 Å². The highest BCUT2D eigenvalue weighted by Gasteiger charge is 2.56. The van der Waals surface area contributed by atoms with Crippen LogP contribution in [0.15, 0.2) is 73.1 Å². The lowest BCUT2D eigenvalue weighted by molar-refractivity contribution is -0.131. The summed E-state index contributed by atoms with van der Waals surface area (Å²) in [7, 11) is 0. The van der Waals surface area contributed by atoms with Crippen molar-refractivity contribution in [2.75, 3.05) is 0 Å². The second kappa shape index (κ2) is 7.51. The molecule has 0 spiro atoms. The number of hydrogen-bond acceptors (Lipinski definition) is 5. The van der Waals surface area contributed by atoms with Crippen molar-refractivity contribution in [3.63, 3.8) is 0 Å². The van der Waals surface area contributed by atoms with Gasteiger partial charge in [0.25, 0.3) is 0 Å². The molecule has 30 heavy (non-hydrogen) atoms. The number of likely N-dealkylation sites (tertiary alicyclic amines) is 1. The van der Waals surface area contributed by atoms with Crippen LogP contribution in [0.3, 0.4) is 0 Å². The molecule has 3 aromatic rings. The first-order valence-electron chi connectivity index (χ1n) is 9.88. The number of nitrogens with zero attached hydrogens (tertiary/aromatic N) is 2. The van der Waals surface area contributed by atoms with E-state index in [9.17, 15) is 14.3 Å². The summed E-state index contributed by atoms with van der Waals surface area (Å²) in [6.45, 7) is 0.350. The van der Waals surface area contributed by atoms with Gasteiger partial charge in [-0.1, -0.05) is 36.4 Å². The summed E-state index contributed by atoms with van der Waals surface area (Å²) >= 11 is 0. The van der Waals surface area contributed by atoms with E-state index in [0.29, 0.717) is 17.7 Å². The lowest BCUT2D eigenvalue weighted by Gasteiger charge is -2.31. The number of para-hydroxylation sites is 1. The Kier molecular flexibility index (Phi) is 4.69. The molecule has 2 fully saturated rings. The van der Waals surface area contributed by atoms with Crippen LogP contribution in [0.4, 0.5) is 4.39 Å². The predicted molar refractivity (Wildman–Crippen MR) is 108 cm³/mol. The van der Waals surface area contributed by atoms with E-state index in [1.54, 1.807) is 47.6 Å². The minimum atomic E-state index is -0.527. The number of hydrogen-bond donors (Lipinski definition) is 3. The molecule has 2 saturated heterocycles. The average Bonchev–Trinajstić information content (AvgIpc) is 3.30. The standard InChI is InChI=1S/C23H21FN4O2/c24-17-7-3-1-5-15(17)22-19-20(16-6-2-4-8-18(16)29)26-27-21(19)23(30)28(22)13-14-9-11-25-12-10-14/h1-12,19-22,26-27,29H,13H2. The third-order valence-corrected chi connectivity index (χ3v) is 6.01. The van der Waals surface area contributed by atoms with Gasteiger partial charge in [0.1, 0.15) is 17.6 Å². The molecule has 2 aliphatic heterocycles. The number of carbonyl (C=O) groups is 1. The fourth-order valence-corrected chi connectivity index (χ4v) is 4.67. The van der Waals surface area contributed by atoms with Gasteiger partial charge in [-0.25, -0.2) is 15.2 Å². The molecule has 152 valence electrons. The number of benzene rings is 2. The van der Waals surface area contributed by atoms with Crippen LogP contribution in [0.2, 0.25) is 0 Å². The predicted octanol–water partition coefficient (Wildman–Crippen LogP) is 2.84. The van der Waals surface area contributed by atoms with Crippen molar-refractivity contribution in [3.8, 4) is 5.75 Å². The van der Waals surface area contributed by atoms with Crippen LogP contribution in [0.1, 0.15) is 28.8 Å². The lowest BCUT2D eigenvalue weighted by atomic mass is 9.83. The first kappa shape index (κ1) is 18.7. The molecule has 2 aliphatic rings. The van der Waals surface area contributed by atoms with Crippen LogP contribution in [-0.4, -0.2) is 26.9 Å². The largest absolute Gasteiger partial charge is 0.508 e. The summed E-state index contributed by atoms with van der Waals surface area (Å²) < 4.78 is 14.9. The van der Waals surface area contributed by atoms with E-state index >= 15 is 0 Å². The molecule has 0 saturated carbocycles. The van der Waals surface area contributed by atoms with Crippen LogP contribution in [0, 0.1) is 11.7 Å². The number of aromatic nitrogens is 1. The van der Waals surface area contributed by atoms with Crippen LogP contribution in [0.25, 0.3) is 0 Å². The minimum Gasteiger partial charge on any atom is -0.508 e. The number of carbonyl (C=O) groups excluding carboxylic acids is 1. The van der Waals surface area contributed by atoms with E-state index < -0.39 is 12.1 Å². The van der Waals surface area contributed by atoms with Crippen LogP contribution in [-0.2, 0) is 11.3 Å². The van der Waals surface area contributed by atoms with Crippen molar-refractivity contribution in [3.05, 3.63) is 95.6 Å². The van der Waals surface area contributed by atoms with E-state index in [2.05, 4.69) is 15.8 Å². The first-order valence-corrected chi connectivity index (χ1v) is 9.88. The Balaban J connectivity index is 1.60. The lowest BCUT2D eigenvalue weighted by Crippen LogP contribution is -2.41. The van der Waals surface area contributed by atoms with Gasteiger partial charge in [-0.05, 0) is 29.8 Å². The Morgan fingerprint density at radius 1 is 0.933 bits per heavy atom. The topological polar surface area (TPSA) is 77.5 Å². The van der Waals surface area contributed by atoms with E-state index in [0.717, 1.165) is 5.56 Å². The number of amides is 1. The molecule has 7 heteroatoms. The van der Waals surface area contributed by atoms with Crippen molar-refractivity contribution in [1.82, 2.24) is 20.7 Å². The fourth-order valence-electron chi connectivity index (χ4n) is 4.67. The number of phenols is 1. The van der Waals surface area contributed by atoms with Gasteiger partial charge in [0, 0.05) is 36.0 Å². The van der Waals surface area contributed by atoms with Gasteiger partial charge in [0.2, 0.25) is 5.91 Å². The number of nitrogens with one attached hydrogen (secondary N) is 2. The molecule has 2 aromatic carbocycles. The zero-order chi connectivity index (χ0) is 20.7. The second-order valence-corrected chi connectivity index (χ2v) is 7.67. The zero-order valence-corrected chi connectivity index (χ0v) is 16.1. The Hall–Kier alpha value is -3.29. The fraction of sp³-hybridized carbons (Fsp3) is 0.217. The van der Waals surface area contributed by atoms with E-state index in [4.69, 9.17) is 0 Å². The molecule has 5 rings (SSSR count). The maximum Gasteiger partial charge on any atom is 0.242 e. The van der Waals surface area contributed by atoms with Crippen molar-refractivity contribution < 1.29 is 14.3 Å². The molecule has 4 atom stereocenters. The Labute approximate surface area is 173 Å². The van der Waals surface area contributed by atoms with Gasteiger partial charge >= 0.3 is 0 Å². The van der Waals surface area contributed by atoms with Crippen LogP contribution in [0.5, 0.6) is 5.75 Å². The van der Waals surface area contributed by atoms with Gasteiger partial charge < -0.3 is 10.0 Å². The van der Waals surface area contributed by atoms with Gasteiger partial charge in [-0.3, -0.25) is 9.78 Å². The summed E-state index contributed by atoms with van der Waals surface area (Å²) in [5, 5.41) is 10.4. The maximum absolute atomic E-state index is 14.9. The van der Waals surface area contributed by atoms with Crippen molar-refractivity contribution in [1.29, 1.82) is 0 Å². The van der Waals surface area contributed by atoms with Gasteiger partial charge in [0.05, 0.1) is 12.1 Å². The van der Waals surface area contributed by atoms with Gasteiger partial charge in [-0.2, -0.15) is 0 Å². The number of rotatable bonds is 4. The number of hydrazine groups is 1. The number of halogens is 1. The molecular formula is C23H21FN4O2. The summed E-state index contributed by atoms with van der Waals surface area (Å²) in [4.78, 5) is 19.1. The normalized spacial score (nSPS) is 25.5.